The van der Waals surface area contributed by atoms with E-state index in [0.29, 0.717) is 0 Å². The van der Waals surface area contributed by atoms with Crippen LogP contribution < -0.4 is 0 Å². The summed E-state index contributed by atoms with van der Waals surface area (Å²) in [5.74, 6) is -0.994. The highest BCUT2D eigenvalue weighted by molar-refractivity contribution is 5.67. The summed E-state index contributed by atoms with van der Waals surface area (Å²) in [7, 11) is 0. The van der Waals surface area contributed by atoms with Crippen molar-refractivity contribution in [3.63, 3.8) is 0 Å². The minimum absolute atomic E-state index is 0.161. The predicted molar refractivity (Wildman–Crippen MR) is 74.5 cm³/mol. The fourth-order valence-electron chi connectivity index (χ4n) is 1.75. The van der Waals surface area contributed by atoms with Gasteiger partial charge in [0.2, 0.25) is 0 Å². The lowest BCUT2D eigenvalue weighted by molar-refractivity contribution is -0.134. The highest BCUT2D eigenvalue weighted by atomic mass is 19.1. The van der Waals surface area contributed by atoms with E-state index in [0.717, 1.165) is 30.0 Å². The summed E-state index contributed by atoms with van der Waals surface area (Å²) in [6.07, 6.45) is 0.849. The summed E-state index contributed by atoms with van der Waals surface area (Å²) in [4.78, 5) is 9.00. The molecule has 0 amide bonds. The molecule has 0 bridgehead atoms. The average molecular weight is 260 g/mol. The Morgan fingerprint density at radius 2 is 1.74 bits per heavy atom. The van der Waals surface area contributed by atoms with E-state index >= 15 is 0 Å². The second-order valence-electron chi connectivity index (χ2n) is 4.04. The van der Waals surface area contributed by atoms with Gasteiger partial charge in [0.25, 0.3) is 5.97 Å². The highest BCUT2D eigenvalue weighted by Gasteiger charge is 2.03. The lowest BCUT2D eigenvalue weighted by atomic mass is 9.98. The van der Waals surface area contributed by atoms with Gasteiger partial charge in [0, 0.05) is 6.92 Å². The summed E-state index contributed by atoms with van der Waals surface area (Å²) in [5, 5.41) is 7.42. The number of hydrogen-bond acceptors (Lipinski definition) is 1. The molecule has 0 fully saturated rings. The Morgan fingerprint density at radius 1 is 1.16 bits per heavy atom. The van der Waals surface area contributed by atoms with E-state index in [9.17, 15) is 4.39 Å². The quantitative estimate of drug-likeness (QED) is 0.880. The van der Waals surface area contributed by atoms with Crippen LogP contribution in [0.25, 0.3) is 11.1 Å². The molecule has 0 aliphatic rings. The van der Waals surface area contributed by atoms with Crippen LogP contribution in [0.1, 0.15) is 19.4 Å². The SMILES string of the molecule is CC(=O)O.CCc1cc(F)ccc1-c1ccccc1. The molecule has 3 heteroatoms. The van der Waals surface area contributed by atoms with Crippen LogP contribution in [0.5, 0.6) is 0 Å². The van der Waals surface area contributed by atoms with Gasteiger partial charge >= 0.3 is 0 Å². The topological polar surface area (TPSA) is 37.3 Å². The first kappa shape index (κ1) is 14.9. The average Bonchev–Trinajstić information content (AvgIpc) is 2.39. The normalized spacial score (nSPS) is 9.42. The molecular formula is C16H17FO2. The van der Waals surface area contributed by atoms with Crippen LogP contribution in [0.3, 0.4) is 0 Å². The van der Waals surface area contributed by atoms with Gasteiger partial charge in [0.15, 0.2) is 0 Å². The number of hydrogen-bond donors (Lipinski definition) is 1. The van der Waals surface area contributed by atoms with Gasteiger partial charge in [0.1, 0.15) is 5.82 Å². The van der Waals surface area contributed by atoms with Crippen molar-refractivity contribution in [2.75, 3.05) is 0 Å². The van der Waals surface area contributed by atoms with E-state index in [1.54, 1.807) is 6.07 Å². The van der Waals surface area contributed by atoms with Crippen LogP contribution in [0, 0.1) is 5.82 Å². The Morgan fingerprint density at radius 3 is 2.26 bits per heavy atom. The van der Waals surface area contributed by atoms with E-state index in [2.05, 4.69) is 0 Å². The molecule has 0 saturated carbocycles. The molecular weight excluding hydrogens is 243 g/mol. The van der Waals surface area contributed by atoms with Crippen LogP contribution in [0.2, 0.25) is 0 Å². The lowest BCUT2D eigenvalue weighted by Crippen LogP contribution is -1.88. The van der Waals surface area contributed by atoms with Crippen molar-refractivity contribution < 1.29 is 14.3 Å². The first-order chi connectivity index (χ1) is 9.04. The van der Waals surface area contributed by atoms with Gasteiger partial charge in [-0.2, -0.15) is 0 Å². The molecule has 2 aromatic carbocycles. The largest absolute Gasteiger partial charge is 0.481 e. The van der Waals surface area contributed by atoms with Crippen molar-refractivity contribution in [1.29, 1.82) is 0 Å². The molecule has 0 spiro atoms. The number of carboxylic acid groups (broad SMARTS) is 1. The third kappa shape index (κ3) is 4.92. The van der Waals surface area contributed by atoms with Crippen molar-refractivity contribution in [3.05, 3.63) is 59.9 Å². The number of halogens is 1. The summed E-state index contributed by atoms with van der Waals surface area (Å²) < 4.78 is 13.0. The van der Waals surface area contributed by atoms with Gasteiger partial charge in [-0.15, -0.1) is 0 Å². The number of aryl methyl sites for hydroxylation is 1. The molecule has 2 rings (SSSR count). The summed E-state index contributed by atoms with van der Waals surface area (Å²) in [6, 6.07) is 15.1. The van der Waals surface area contributed by atoms with Gasteiger partial charge in [0.05, 0.1) is 0 Å². The van der Waals surface area contributed by atoms with Gasteiger partial charge < -0.3 is 5.11 Å². The zero-order valence-electron chi connectivity index (χ0n) is 11.1. The monoisotopic (exact) mass is 260 g/mol. The van der Waals surface area contributed by atoms with Crippen LogP contribution in [-0.4, -0.2) is 11.1 Å². The van der Waals surface area contributed by atoms with E-state index < -0.39 is 5.97 Å². The molecule has 0 heterocycles. The zero-order valence-corrected chi connectivity index (χ0v) is 11.1. The molecule has 100 valence electrons. The van der Waals surface area contributed by atoms with E-state index in [1.165, 1.54) is 6.07 Å². The van der Waals surface area contributed by atoms with E-state index in [1.807, 2.05) is 43.3 Å². The second kappa shape index (κ2) is 7.31. The summed E-state index contributed by atoms with van der Waals surface area (Å²) >= 11 is 0. The molecule has 0 aliphatic heterocycles. The van der Waals surface area contributed by atoms with E-state index in [4.69, 9.17) is 9.90 Å². The third-order valence-corrected chi connectivity index (χ3v) is 2.53. The van der Waals surface area contributed by atoms with Crippen molar-refractivity contribution in [1.82, 2.24) is 0 Å². The molecule has 0 atom stereocenters. The Kier molecular flexibility index (Phi) is 5.73. The zero-order chi connectivity index (χ0) is 14.3. The number of carbonyl (C=O) groups is 1. The van der Waals surface area contributed by atoms with Crippen molar-refractivity contribution in [2.24, 2.45) is 0 Å². The Hall–Kier alpha value is -2.16. The van der Waals surface area contributed by atoms with Crippen LogP contribution in [-0.2, 0) is 11.2 Å². The van der Waals surface area contributed by atoms with Crippen molar-refractivity contribution in [2.45, 2.75) is 20.3 Å². The third-order valence-electron chi connectivity index (χ3n) is 2.53. The molecule has 2 aromatic rings. The number of rotatable bonds is 2. The minimum Gasteiger partial charge on any atom is -0.481 e. The molecule has 0 aromatic heterocycles. The van der Waals surface area contributed by atoms with Gasteiger partial charge in [-0.25, -0.2) is 4.39 Å². The maximum absolute atomic E-state index is 13.0. The smallest absolute Gasteiger partial charge is 0.300 e. The Labute approximate surface area is 112 Å². The van der Waals surface area contributed by atoms with Crippen molar-refractivity contribution in [3.8, 4) is 11.1 Å². The molecule has 0 saturated heterocycles. The fourth-order valence-corrected chi connectivity index (χ4v) is 1.75. The predicted octanol–water partition coefficient (Wildman–Crippen LogP) is 4.15. The molecule has 1 N–H and O–H groups in total. The molecule has 0 unspecified atom stereocenters. The maximum Gasteiger partial charge on any atom is 0.300 e. The highest BCUT2D eigenvalue weighted by Crippen LogP contribution is 2.24. The van der Waals surface area contributed by atoms with Crippen LogP contribution >= 0.6 is 0 Å². The van der Waals surface area contributed by atoms with E-state index in [-0.39, 0.29) is 5.82 Å². The number of aliphatic carboxylic acids is 1. The van der Waals surface area contributed by atoms with Crippen molar-refractivity contribution >= 4 is 5.97 Å². The Bertz CT molecular complexity index is 532. The molecule has 0 radical (unpaired) electrons. The molecule has 2 nitrogen and oxygen atoms in total. The second-order valence-corrected chi connectivity index (χ2v) is 4.04. The minimum atomic E-state index is -0.833. The van der Waals surface area contributed by atoms with Crippen LogP contribution in [0.15, 0.2) is 48.5 Å². The first-order valence-electron chi connectivity index (χ1n) is 6.08. The maximum atomic E-state index is 13.0. The van der Waals surface area contributed by atoms with Gasteiger partial charge in [-0.1, -0.05) is 43.3 Å². The first-order valence-corrected chi connectivity index (χ1v) is 6.08. The van der Waals surface area contributed by atoms with Gasteiger partial charge in [-0.3, -0.25) is 4.79 Å². The molecule has 0 aliphatic carbocycles. The summed E-state index contributed by atoms with van der Waals surface area (Å²) in [5.41, 5.74) is 3.33. The van der Waals surface area contributed by atoms with Gasteiger partial charge in [-0.05, 0) is 35.2 Å². The lowest BCUT2D eigenvalue weighted by Gasteiger charge is -2.07. The molecule has 19 heavy (non-hydrogen) atoms. The number of carboxylic acids is 1. The van der Waals surface area contributed by atoms with Crippen LogP contribution in [0.4, 0.5) is 4.39 Å². The standard InChI is InChI=1S/C14H13F.C2H4O2/c1-2-11-10-13(15)8-9-14(11)12-6-4-3-5-7-12;1-2(3)4/h3-10H,2H2,1H3;1H3,(H,3,4). The fraction of sp³-hybridized carbons (Fsp3) is 0.188. The number of benzene rings is 2. The summed E-state index contributed by atoms with van der Waals surface area (Å²) in [6.45, 7) is 3.13. The Balaban J connectivity index is 0.000000399.